The van der Waals surface area contributed by atoms with E-state index in [-0.39, 0.29) is 18.9 Å². The van der Waals surface area contributed by atoms with Crippen LogP contribution in [0.15, 0.2) is 54.6 Å². The van der Waals surface area contributed by atoms with Gasteiger partial charge in [0.2, 0.25) is 5.91 Å². The van der Waals surface area contributed by atoms with Crippen LogP contribution in [0.3, 0.4) is 0 Å². The molecule has 0 radical (unpaired) electrons. The first kappa shape index (κ1) is 19.1. The lowest BCUT2D eigenvalue weighted by Crippen LogP contribution is -2.36. The summed E-state index contributed by atoms with van der Waals surface area (Å²) in [7, 11) is 0. The van der Waals surface area contributed by atoms with Gasteiger partial charge < -0.3 is 15.4 Å². The van der Waals surface area contributed by atoms with Crippen LogP contribution in [0.2, 0.25) is 0 Å². The van der Waals surface area contributed by atoms with Crippen molar-refractivity contribution >= 4 is 23.5 Å². The summed E-state index contributed by atoms with van der Waals surface area (Å²) in [6.45, 7) is 1.07. The molecule has 0 aliphatic rings. The lowest BCUT2D eigenvalue weighted by atomic mass is 10.1. The summed E-state index contributed by atoms with van der Waals surface area (Å²) in [5.74, 6) is -2.03. The average Bonchev–Trinajstić information content (AvgIpc) is 2.62. The number of halogens is 1. The molecule has 0 heterocycles. The first-order chi connectivity index (χ1) is 12.4. The SMILES string of the molecule is C[C@H](OC(=O)CNC(=O)Cc1ccccc1)C(=O)Nc1ccc(F)cc1. The molecular weight excluding hydrogens is 339 g/mol. The fourth-order valence-electron chi connectivity index (χ4n) is 2.08. The van der Waals surface area contributed by atoms with Crippen molar-refractivity contribution in [1.82, 2.24) is 5.32 Å². The Bertz CT molecular complexity index is 763. The van der Waals surface area contributed by atoms with Crippen LogP contribution in [-0.2, 0) is 25.5 Å². The van der Waals surface area contributed by atoms with E-state index in [1.54, 1.807) is 12.1 Å². The van der Waals surface area contributed by atoms with E-state index in [2.05, 4.69) is 10.6 Å². The van der Waals surface area contributed by atoms with Gasteiger partial charge in [-0.2, -0.15) is 0 Å². The molecule has 2 amide bonds. The fourth-order valence-corrected chi connectivity index (χ4v) is 2.08. The molecule has 0 aliphatic heterocycles. The zero-order valence-corrected chi connectivity index (χ0v) is 14.2. The van der Waals surface area contributed by atoms with Gasteiger partial charge in [-0.1, -0.05) is 30.3 Å². The first-order valence-electron chi connectivity index (χ1n) is 8.00. The molecule has 1 atom stereocenters. The summed E-state index contributed by atoms with van der Waals surface area (Å²) < 4.78 is 17.8. The number of hydrogen-bond acceptors (Lipinski definition) is 4. The monoisotopic (exact) mass is 358 g/mol. The molecule has 0 spiro atoms. The van der Waals surface area contributed by atoms with E-state index >= 15 is 0 Å². The number of rotatable bonds is 7. The Balaban J connectivity index is 1.73. The predicted octanol–water partition coefficient (Wildman–Crippen LogP) is 2.05. The minimum atomic E-state index is -1.06. The van der Waals surface area contributed by atoms with E-state index in [1.807, 2.05) is 18.2 Å². The third kappa shape index (κ3) is 6.35. The third-order valence-corrected chi connectivity index (χ3v) is 3.43. The molecule has 26 heavy (non-hydrogen) atoms. The maximum Gasteiger partial charge on any atom is 0.326 e. The molecule has 0 aromatic heterocycles. The highest BCUT2D eigenvalue weighted by Gasteiger charge is 2.18. The summed E-state index contributed by atoms with van der Waals surface area (Å²) in [6.07, 6.45) is -0.909. The maximum absolute atomic E-state index is 12.8. The Morgan fingerprint density at radius 1 is 1.04 bits per heavy atom. The molecule has 0 aliphatic carbocycles. The van der Waals surface area contributed by atoms with Crippen LogP contribution in [0.5, 0.6) is 0 Å². The van der Waals surface area contributed by atoms with Crippen LogP contribution in [0.25, 0.3) is 0 Å². The normalized spacial score (nSPS) is 11.3. The minimum absolute atomic E-state index is 0.148. The van der Waals surface area contributed by atoms with Gasteiger partial charge in [0.15, 0.2) is 6.10 Å². The van der Waals surface area contributed by atoms with Crippen molar-refractivity contribution < 1.29 is 23.5 Å². The zero-order chi connectivity index (χ0) is 18.9. The van der Waals surface area contributed by atoms with E-state index in [4.69, 9.17) is 4.74 Å². The van der Waals surface area contributed by atoms with Crippen LogP contribution in [0.4, 0.5) is 10.1 Å². The number of ether oxygens (including phenoxy) is 1. The number of hydrogen-bond donors (Lipinski definition) is 2. The molecule has 0 unspecified atom stereocenters. The Kier molecular flexibility index (Phi) is 6.84. The van der Waals surface area contributed by atoms with E-state index in [0.29, 0.717) is 5.69 Å². The van der Waals surface area contributed by atoms with Crippen LogP contribution >= 0.6 is 0 Å². The van der Waals surface area contributed by atoms with Crippen molar-refractivity contribution in [2.75, 3.05) is 11.9 Å². The van der Waals surface area contributed by atoms with Crippen molar-refractivity contribution in [3.05, 3.63) is 66.0 Å². The summed E-state index contributed by atoms with van der Waals surface area (Å²) >= 11 is 0. The second-order valence-corrected chi connectivity index (χ2v) is 5.57. The smallest absolute Gasteiger partial charge is 0.326 e. The van der Waals surface area contributed by atoms with Crippen molar-refractivity contribution in [3.8, 4) is 0 Å². The zero-order valence-electron chi connectivity index (χ0n) is 14.2. The lowest BCUT2D eigenvalue weighted by molar-refractivity contribution is -0.152. The minimum Gasteiger partial charge on any atom is -0.451 e. The summed E-state index contributed by atoms with van der Waals surface area (Å²) in [5.41, 5.74) is 1.21. The highest BCUT2D eigenvalue weighted by atomic mass is 19.1. The van der Waals surface area contributed by atoms with Crippen molar-refractivity contribution in [3.63, 3.8) is 0 Å². The average molecular weight is 358 g/mol. The quantitative estimate of drug-likeness (QED) is 0.742. The van der Waals surface area contributed by atoms with Gasteiger partial charge in [-0.15, -0.1) is 0 Å². The standard InChI is InChI=1S/C19H19FN2O4/c1-13(19(25)22-16-9-7-15(20)8-10-16)26-18(24)12-21-17(23)11-14-5-3-2-4-6-14/h2-10,13H,11-12H2,1H3,(H,21,23)(H,22,25)/t13-/m0/s1. The van der Waals surface area contributed by atoms with Gasteiger partial charge in [0.1, 0.15) is 12.4 Å². The van der Waals surface area contributed by atoms with Gasteiger partial charge in [-0.3, -0.25) is 14.4 Å². The number of amides is 2. The van der Waals surface area contributed by atoms with Crippen molar-refractivity contribution in [1.29, 1.82) is 0 Å². The maximum atomic E-state index is 12.8. The molecule has 0 bridgehead atoms. The van der Waals surface area contributed by atoms with Crippen molar-refractivity contribution in [2.45, 2.75) is 19.4 Å². The Morgan fingerprint density at radius 3 is 2.35 bits per heavy atom. The van der Waals surface area contributed by atoms with Gasteiger partial charge in [0, 0.05) is 5.69 Å². The number of nitrogens with one attached hydrogen (secondary N) is 2. The number of esters is 1. The van der Waals surface area contributed by atoms with E-state index < -0.39 is 23.8 Å². The number of benzene rings is 2. The van der Waals surface area contributed by atoms with E-state index in [9.17, 15) is 18.8 Å². The van der Waals surface area contributed by atoms with Gasteiger partial charge >= 0.3 is 5.97 Å². The van der Waals surface area contributed by atoms with Crippen LogP contribution < -0.4 is 10.6 Å². The molecule has 0 saturated carbocycles. The number of carbonyl (C=O) groups excluding carboxylic acids is 3. The highest BCUT2D eigenvalue weighted by Crippen LogP contribution is 2.09. The number of carbonyl (C=O) groups is 3. The van der Waals surface area contributed by atoms with Crippen LogP contribution in [-0.4, -0.2) is 30.4 Å². The van der Waals surface area contributed by atoms with Crippen molar-refractivity contribution in [2.24, 2.45) is 0 Å². The van der Waals surface area contributed by atoms with Gasteiger partial charge in [-0.05, 0) is 36.8 Å². The topological polar surface area (TPSA) is 84.5 Å². The summed E-state index contributed by atoms with van der Waals surface area (Å²) in [6, 6.07) is 14.3. The summed E-state index contributed by atoms with van der Waals surface area (Å²) in [4.78, 5) is 35.5. The third-order valence-electron chi connectivity index (χ3n) is 3.43. The summed E-state index contributed by atoms with van der Waals surface area (Å²) in [5, 5.41) is 4.95. The molecule has 7 heteroatoms. The van der Waals surface area contributed by atoms with E-state index in [0.717, 1.165) is 5.56 Å². The largest absolute Gasteiger partial charge is 0.451 e. The molecule has 2 N–H and O–H groups in total. The second-order valence-electron chi connectivity index (χ2n) is 5.57. The molecule has 6 nitrogen and oxygen atoms in total. The first-order valence-corrected chi connectivity index (χ1v) is 8.00. The highest BCUT2D eigenvalue weighted by molar-refractivity contribution is 5.95. The Labute approximate surface area is 150 Å². The lowest BCUT2D eigenvalue weighted by Gasteiger charge is -2.14. The van der Waals surface area contributed by atoms with Gasteiger partial charge in [0.05, 0.1) is 6.42 Å². The van der Waals surface area contributed by atoms with E-state index in [1.165, 1.54) is 31.2 Å². The predicted molar refractivity (Wildman–Crippen MR) is 93.7 cm³/mol. The molecule has 2 aromatic carbocycles. The molecule has 2 rings (SSSR count). The Morgan fingerprint density at radius 2 is 1.69 bits per heavy atom. The molecular formula is C19H19FN2O4. The molecule has 2 aromatic rings. The molecule has 136 valence electrons. The van der Waals surface area contributed by atoms with Gasteiger partial charge in [-0.25, -0.2) is 4.39 Å². The fraction of sp³-hybridized carbons (Fsp3) is 0.211. The second kappa shape index (κ2) is 9.31. The number of anilines is 1. The Hall–Kier alpha value is -3.22. The van der Waals surface area contributed by atoms with Gasteiger partial charge in [0.25, 0.3) is 5.91 Å². The molecule has 0 fully saturated rings. The molecule has 0 saturated heterocycles. The van der Waals surface area contributed by atoms with Crippen LogP contribution in [0, 0.1) is 5.82 Å². The van der Waals surface area contributed by atoms with Crippen LogP contribution in [0.1, 0.15) is 12.5 Å².